The average Bonchev–Trinajstić information content (AvgIpc) is 2.24. The van der Waals surface area contributed by atoms with Gasteiger partial charge in [-0.2, -0.15) is 0 Å². The Balaban J connectivity index is 0. The van der Waals surface area contributed by atoms with E-state index in [1.807, 2.05) is 0 Å². The molecule has 0 aromatic carbocycles. The molecule has 0 aromatic rings. The summed E-state index contributed by atoms with van der Waals surface area (Å²) in [5.41, 5.74) is 0. The second kappa shape index (κ2) is 11.0. The first-order valence-electron chi connectivity index (χ1n) is 4.00. The molecule has 17 heavy (non-hydrogen) atoms. The Kier molecular flexibility index (Phi) is 12.4. The highest BCUT2D eigenvalue weighted by molar-refractivity contribution is 7.46. The summed E-state index contributed by atoms with van der Waals surface area (Å²) in [5, 5.41) is 34.1. The van der Waals surface area contributed by atoms with Gasteiger partial charge in [-0.1, -0.05) is 0 Å². The van der Waals surface area contributed by atoms with E-state index in [0.717, 1.165) is 0 Å². The smallest absolute Gasteiger partial charge is 0.323 e. The molecule has 12 heteroatoms. The van der Waals surface area contributed by atoms with Gasteiger partial charge in [-0.3, -0.25) is 9.13 Å². The van der Waals surface area contributed by atoms with Crippen molar-refractivity contribution in [2.24, 2.45) is 0 Å². The lowest BCUT2D eigenvalue weighted by atomic mass is 10.1. The average molecular weight is 296 g/mol. The van der Waals surface area contributed by atoms with E-state index in [1.165, 1.54) is 0 Å². The minimum atomic E-state index is -3.20. The Morgan fingerprint density at radius 3 is 1.71 bits per heavy atom. The van der Waals surface area contributed by atoms with Crippen LogP contribution in [0.4, 0.5) is 0 Å². The maximum Gasteiger partial charge on any atom is 0.323 e. The van der Waals surface area contributed by atoms with Crippen molar-refractivity contribution < 1.29 is 48.4 Å². The molecule has 0 bridgehead atoms. The van der Waals surface area contributed by atoms with Crippen molar-refractivity contribution in [3.05, 3.63) is 0 Å². The zero-order chi connectivity index (χ0) is 14.0. The van der Waals surface area contributed by atoms with Crippen LogP contribution in [0.2, 0.25) is 0 Å². The lowest BCUT2D eigenvalue weighted by Gasteiger charge is -2.16. The maximum absolute atomic E-state index is 9.76. The molecule has 6 N–H and O–H groups in total. The summed E-state index contributed by atoms with van der Waals surface area (Å²) in [6.07, 6.45) is -4.63. The molecule has 0 saturated heterocycles. The predicted molar refractivity (Wildman–Crippen MR) is 54.7 cm³/mol. The number of hydrogen-bond donors (Lipinski definition) is 6. The normalized spacial score (nSPS) is 19.2. The maximum atomic E-state index is 9.76. The quantitative estimate of drug-likeness (QED) is 0.218. The number of carbonyl (C=O) groups is 1. The van der Waals surface area contributed by atoms with Crippen LogP contribution in [-0.4, -0.2) is 61.4 Å². The van der Waals surface area contributed by atoms with Gasteiger partial charge in [0.2, 0.25) is 0 Å². The Bertz CT molecular complexity index is 245. The minimum absolute atomic E-state index is 0.0869. The molecule has 0 aliphatic carbocycles. The van der Waals surface area contributed by atoms with Gasteiger partial charge in [-0.25, -0.2) is 4.31 Å². The Morgan fingerprint density at radius 2 is 1.53 bits per heavy atom. The van der Waals surface area contributed by atoms with Gasteiger partial charge in [0.05, 0.1) is 6.61 Å². The van der Waals surface area contributed by atoms with Crippen LogP contribution in [-0.2, 0) is 18.2 Å². The van der Waals surface area contributed by atoms with Gasteiger partial charge in [0.15, 0.2) is 6.29 Å². The molecule has 0 rings (SSSR count). The van der Waals surface area contributed by atoms with E-state index in [4.69, 9.17) is 30.2 Å². The van der Waals surface area contributed by atoms with Crippen LogP contribution < -0.4 is 0 Å². The summed E-state index contributed by atoms with van der Waals surface area (Å²) < 4.78 is 22.3. The highest BCUT2D eigenvalue weighted by Crippen LogP contribution is 2.30. The fraction of sp³-hybridized carbons (Fsp3) is 0.800. The fourth-order valence-electron chi connectivity index (χ4n) is 0.491. The van der Waals surface area contributed by atoms with Crippen LogP contribution in [0.15, 0.2) is 0 Å². The lowest BCUT2D eigenvalue weighted by Crippen LogP contribution is -2.40. The summed E-state index contributed by atoms with van der Waals surface area (Å²) in [7, 11) is -6.40. The molecule has 0 aliphatic heterocycles. The number of hydrogen-bond acceptors (Lipinski definition) is 8. The van der Waals surface area contributed by atoms with Gasteiger partial charge in [0.25, 0.3) is 0 Å². The summed E-state index contributed by atoms with van der Waals surface area (Å²) >= 11 is 0. The summed E-state index contributed by atoms with van der Waals surface area (Å²) in [6.45, 7) is -0.688. The van der Waals surface area contributed by atoms with Gasteiger partial charge < -0.3 is 35.0 Å². The van der Waals surface area contributed by atoms with Gasteiger partial charge >= 0.3 is 16.5 Å². The van der Waals surface area contributed by atoms with Crippen LogP contribution >= 0.6 is 16.5 Å². The van der Waals surface area contributed by atoms with Crippen molar-refractivity contribution in [3.63, 3.8) is 0 Å². The molecule has 0 amide bonds. The number of rotatable bonds is 6. The molecule has 0 aromatic heterocycles. The third kappa shape index (κ3) is 12.1. The van der Waals surface area contributed by atoms with Crippen molar-refractivity contribution in [3.8, 4) is 0 Å². The van der Waals surface area contributed by atoms with E-state index in [2.05, 4.69) is 4.31 Å². The topological polar surface area (TPSA) is 182 Å². The molecular formula is C5H14O10P2. The number of carbonyl (C=O) groups excluding carboxylic acids is 1. The lowest BCUT2D eigenvalue weighted by molar-refractivity contribution is -0.127. The molecule has 0 radical (unpaired) electrons. The first kappa shape index (κ1) is 19.2. The van der Waals surface area contributed by atoms with E-state index in [1.54, 1.807) is 0 Å². The molecule has 0 heterocycles. The predicted octanol–water partition coefficient (Wildman–Crippen LogP) is -2.97. The first-order chi connectivity index (χ1) is 7.76. The molecule has 10 nitrogen and oxygen atoms in total. The molecule has 5 atom stereocenters. The van der Waals surface area contributed by atoms with Crippen LogP contribution in [0.25, 0.3) is 0 Å². The van der Waals surface area contributed by atoms with E-state index in [-0.39, 0.29) is 6.29 Å². The molecule has 0 fully saturated rings. The van der Waals surface area contributed by atoms with Crippen molar-refractivity contribution in [1.29, 1.82) is 0 Å². The van der Waals surface area contributed by atoms with Crippen molar-refractivity contribution >= 4 is 22.8 Å². The number of aliphatic hydroxyl groups is 4. The molecule has 0 saturated carbocycles. The molecule has 104 valence electrons. The second-order valence-corrected chi connectivity index (χ2v) is 4.38. The third-order valence-corrected chi connectivity index (χ3v) is 2.64. The van der Waals surface area contributed by atoms with E-state index < -0.39 is 41.4 Å². The number of aliphatic hydroxyl groups excluding tert-OH is 4. The van der Waals surface area contributed by atoms with Crippen LogP contribution in [0.1, 0.15) is 0 Å². The molecule has 5 unspecified atom stereocenters. The second-order valence-electron chi connectivity index (χ2n) is 2.50. The Labute approximate surface area is 97.0 Å². The Hall–Kier alpha value is -0.150. The summed E-state index contributed by atoms with van der Waals surface area (Å²) in [6, 6.07) is 0. The van der Waals surface area contributed by atoms with E-state index in [0.29, 0.717) is 0 Å². The fourth-order valence-corrected chi connectivity index (χ4v) is 1.09. The molecule has 0 aliphatic rings. The minimum Gasteiger partial charge on any atom is -0.394 e. The third-order valence-electron chi connectivity index (χ3n) is 1.25. The van der Waals surface area contributed by atoms with E-state index >= 15 is 0 Å². The molecule has 0 spiro atoms. The summed E-state index contributed by atoms with van der Waals surface area (Å²) in [5.74, 6) is 0. The molecular weight excluding hydrogens is 282 g/mol. The SMILES string of the molecule is O=CC(O)C(O)C(O)CO.O=[PH](O)O[PH](=O)O. The van der Waals surface area contributed by atoms with Gasteiger partial charge in [-0.15, -0.1) is 0 Å². The Morgan fingerprint density at radius 1 is 1.12 bits per heavy atom. The monoisotopic (exact) mass is 296 g/mol. The van der Waals surface area contributed by atoms with Crippen molar-refractivity contribution in [1.82, 2.24) is 0 Å². The first-order valence-corrected chi connectivity index (χ1v) is 6.53. The van der Waals surface area contributed by atoms with Crippen LogP contribution in [0.3, 0.4) is 0 Å². The van der Waals surface area contributed by atoms with Gasteiger partial charge in [-0.05, 0) is 0 Å². The zero-order valence-electron chi connectivity index (χ0n) is 8.33. The van der Waals surface area contributed by atoms with Crippen molar-refractivity contribution in [2.45, 2.75) is 18.3 Å². The summed E-state index contributed by atoms with van der Waals surface area (Å²) in [4.78, 5) is 25.2. The zero-order valence-corrected chi connectivity index (χ0v) is 10.3. The standard InChI is InChI=1S/C5H10O5.H4O5P2/c6-1-3(8)5(10)4(9)2-7;1-6(2)5-7(3)4/h1,3-5,7-10H,2H2;6-7H,(H,1,2)(H,3,4). The van der Waals surface area contributed by atoms with Gasteiger partial charge in [0.1, 0.15) is 18.3 Å². The van der Waals surface area contributed by atoms with Crippen LogP contribution in [0.5, 0.6) is 0 Å². The highest BCUT2D eigenvalue weighted by Gasteiger charge is 2.22. The van der Waals surface area contributed by atoms with Gasteiger partial charge in [0, 0.05) is 0 Å². The van der Waals surface area contributed by atoms with Crippen molar-refractivity contribution in [2.75, 3.05) is 6.61 Å². The van der Waals surface area contributed by atoms with Crippen LogP contribution in [0, 0.1) is 0 Å². The van der Waals surface area contributed by atoms with E-state index in [9.17, 15) is 13.9 Å². The highest BCUT2D eigenvalue weighted by atomic mass is 31.2. The largest absolute Gasteiger partial charge is 0.394 e. The number of aldehydes is 1.